The normalized spacial score (nSPS) is 10.8. The van der Waals surface area contributed by atoms with E-state index in [2.05, 4.69) is 4.98 Å². The lowest BCUT2D eigenvalue weighted by Gasteiger charge is -2.08. The zero-order chi connectivity index (χ0) is 13.4. The summed E-state index contributed by atoms with van der Waals surface area (Å²) in [5, 5.41) is 20.9. The SMILES string of the molecule is COc1cc(O)c(-c2c[nH]c3ccccc23)cc1O. The Morgan fingerprint density at radius 3 is 2.58 bits per heavy atom. The predicted octanol–water partition coefficient (Wildman–Crippen LogP) is 3.25. The van der Waals surface area contributed by atoms with E-state index in [9.17, 15) is 10.2 Å². The van der Waals surface area contributed by atoms with Crippen LogP contribution in [0, 0.1) is 0 Å². The molecule has 2 aromatic carbocycles. The minimum atomic E-state index is 0.000538. The van der Waals surface area contributed by atoms with Crippen LogP contribution in [0.25, 0.3) is 22.0 Å². The van der Waals surface area contributed by atoms with Crippen LogP contribution in [0.5, 0.6) is 17.2 Å². The van der Waals surface area contributed by atoms with Crippen molar-refractivity contribution in [2.24, 2.45) is 0 Å². The fourth-order valence-corrected chi connectivity index (χ4v) is 2.23. The van der Waals surface area contributed by atoms with Gasteiger partial charge in [0.2, 0.25) is 0 Å². The molecular formula is C15H13NO3. The van der Waals surface area contributed by atoms with Gasteiger partial charge >= 0.3 is 0 Å². The number of H-pyrrole nitrogens is 1. The van der Waals surface area contributed by atoms with Crippen molar-refractivity contribution in [1.29, 1.82) is 0 Å². The van der Waals surface area contributed by atoms with E-state index in [1.54, 1.807) is 0 Å². The highest BCUT2D eigenvalue weighted by molar-refractivity contribution is 5.97. The molecule has 0 aliphatic carbocycles. The van der Waals surface area contributed by atoms with Crippen molar-refractivity contribution in [3.05, 3.63) is 42.6 Å². The zero-order valence-corrected chi connectivity index (χ0v) is 10.3. The van der Waals surface area contributed by atoms with Gasteiger partial charge in [-0.1, -0.05) is 18.2 Å². The van der Waals surface area contributed by atoms with Crippen LogP contribution in [0.1, 0.15) is 0 Å². The second kappa shape index (κ2) is 4.24. The molecule has 4 heteroatoms. The second-order valence-electron chi connectivity index (χ2n) is 4.29. The van der Waals surface area contributed by atoms with Crippen LogP contribution < -0.4 is 4.74 Å². The number of benzene rings is 2. The smallest absolute Gasteiger partial charge is 0.164 e. The quantitative estimate of drug-likeness (QED) is 0.616. The third kappa shape index (κ3) is 1.78. The van der Waals surface area contributed by atoms with Gasteiger partial charge in [0, 0.05) is 34.3 Å². The molecule has 3 aromatic rings. The van der Waals surface area contributed by atoms with Crippen LogP contribution in [0.3, 0.4) is 0 Å². The van der Waals surface area contributed by atoms with Crippen LogP contribution in [0.15, 0.2) is 42.6 Å². The van der Waals surface area contributed by atoms with Crippen LogP contribution >= 0.6 is 0 Å². The van der Waals surface area contributed by atoms with Gasteiger partial charge in [0.05, 0.1) is 7.11 Å². The number of aromatic hydroxyl groups is 2. The number of fused-ring (bicyclic) bond motifs is 1. The lowest BCUT2D eigenvalue weighted by molar-refractivity contribution is 0.369. The van der Waals surface area contributed by atoms with Gasteiger partial charge in [-0.25, -0.2) is 0 Å². The average molecular weight is 255 g/mol. The van der Waals surface area contributed by atoms with Gasteiger partial charge in [0.25, 0.3) is 0 Å². The van der Waals surface area contributed by atoms with Crippen LogP contribution in [-0.2, 0) is 0 Å². The van der Waals surface area contributed by atoms with E-state index in [4.69, 9.17) is 4.74 Å². The summed E-state index contributed by atoms with van der Waals surface area (Å²) in [6.07, 6.45) is 1.81. The van der Waals surface area contributed by atoms with Gasteiger partial charge in [0.15, 0.2) is 11.5 Å². The van der Waals surface area contributed by atoms with Gasteiger partial charge in [-0.05, 0) is 12.1 Å². The Morgan fingerprint density at radius 2 is 1.79 bits per heavy atom. The molecule has 0 atom stereocenters. The molecule has 0 fully saturated rings. The molecule has 0 saturated carbocycles. The summed E-state index contributed by atoms with van der Waals surface area (Å²) in [5.41, 5.74) is 2.38. The monoisotopic (exact) mass is 255 g/mol. The molecule has 0 radical (unpaired) electrons. The molecule has 4 nitrogen and oxygen atoms in total. The van der Waals surface area contributed by atoms with Crippen LogP contribution in [-0.4, -0.2) is 22.3 Å². The van der Waals surface area contributed by atoms with E-state index in [-0.39, 0.29) is 17.2 Å². The van der Waals surface area contributed by atoms with Crippen molar-refractivity contribution in [2.75, 3.05) is 7.11 Å². The molecule has 96 valence electrons. The molecule has 0 spiro atoms. The van der Waals surface area contributed by atoms with E-state index in [0.717, 1.165) is 16.5 Å². The fraction of sp³-hybridized carbons (Fsp3) is 0.0667. The summed E-state index contributed by atoms with van der Waals surface area (Å²) in [5.74, 6) is 0.320. The molecule has 1 heterocycles. The number of aromatic nitrogens is 1. The molecule has 1 aromatic heterocycles. The summed E-state index contributed by atoms with van der Waals surface area (Å²) in [6.45, 7) is 0. The number of methoxy groups -OCH3 is 1. The van der Waals surface area contributed by atoms with E-state index in [0.29, 0.717) is 5.56 Å². The van der Waals surface area contributed by atoms with Crippen molar-refractivity contribution in [2.45, 2.75) is 0 Å². The van der Waals surface area contributed by atoms with Gasteiger partial charge in [-0.2, -0.15) is 0 Å². The molecule has 0 aliphatic rings. The number of para-hydroxylation sites is 1. The molecule has 19 heavy (non-hydrogen) atoms. The van der Waals surface area contributed by atoms with Crippen molar-refractivity contribution < 1.29 is 14.9 Å². The number of phenols is 2. The molecular weight excluding hydrogens is 242 g/mol. The Labute approximate surface area is 109 Å². The molecule has 3 N–H and O–H groups in total. The van der Waals surface area contributed by atoms with Gasteiger partial charge in [-0.15, -0.1) is 0 Å². The van der Waals surface area contributed by atoms with Crippen molar-refractivity contribution >= 4 is 10.9 Å². The van der Waals surface area contributed by atoms with Gasteiger partial charge in [0.1, 0.15) is 5.75 Å². The predicted molar refractivity (Wildman–Crippen MR) is 73.6 cm³/mol. The summed E-state index contributed by atoms with van der Waals surface area (Å²) >= 11 is 0. The Balaban J connectivity index is 2.24. The summed E-state index contributed by atoms with van der Waals surface area (Å²) in [7, 11) is 1.44. The minimum absolute atomic E-state index is 0.000538. The molecule has 0 bridgehead atoms. The summed E-state index contributed by atoms with van der Waals surface area (Å²) in [6, 6.07) is 10.7. The zero-order valence-electron chi connectivity index (χ0n) is 10.3. The summed E-state index contributed by atoms with van der Waals surface area (Å²) in [4.78, 5) is 3.14. The number of rotatable bonds is 2. The first kappa shape index (κ1) is 11.5. The standard InChI is InChI=1S/C15H13NO3/c1-19-15-7-13(17)10(6-14(15)18)11-8-16-12-5-3-2-4-9(11)12/h2-8,16-18H,1H3. The van der Waals surface area contributed by atoms with E-state index in [1.807, 2.05) is 30.5 Å². The van der Waals surface area contributed by atoms with Gasteiger partial charge in [-0.3, -0.25) is 0 Å². The first-order valence-corrected chi connectivity index (χ1v) is 5.87. The van der Waals surface area contributed by atoms with E-state index < -0.39 is 0 Å². The highest BCUT2D eigenvalue weighted by atomic mass is 16.5. The third-order valence-corrected chi connectivity index (χ3v) is 3.18. The fourth-order valence-electron chi connectivity index (χ4n) is 2.23. The Bertz CT molecular complexity index is 746. The number of nitrogens with one attached hydrogen (secondary N) is 1. The third-order valence-electron chi connectivity index (χ3n) is 3.18. The first-order valence-electron chi connectivity index (χ1n) is 5.87. The maximum Gasteiger partial charge on any atom is 0.164 e. The number of hydrogen-bond acceptors (Lipinski definition) is 3. The number of phenolic OH excluding ortho intramolecular Hbond substituents is 2. The van der Waals surface area contributed by atoms with Crippen LogP contribution in [0.2, 0.25) is 0 Å². The largest absolute Gasteiger partial charge is 0.507 e. The van der Waals surface area contributed by atoms with Crippen molar-refractivity contribution in [3.8, 4) is 28.4 Å². The lowest BCUT2D eigenvalue weighted by Crippen LogP contribution is -1.85. The lowest BCUT2D eigenvalue weighted by atomic mass is 10.0. The maximum absolute atomic E-state index is 10.1. The number of ether oxygens (including phenoxy) is 1. The van der Waals surface area contributed by atoms with Crippen molar-refractivity contribution in [1.82, 2.24) is 4.98 Å². The topological polar surface area (TPSA) is 65.5 Å². The molecule has 0 amide bonds. The highest BCUT2D eigenvalue weighted by Crippen LogP contribution is 2.41. The van der Waals surface area contributed by atoms with Crippen LogP contribution in [0.4, 0.5) is 0 Å². The minimum Gasteiger partial charge on any atom is -0.507 e. The number of hydrogen-bond donors (Lipinski definition) is 3. The van der Waals surface area contributed by atoms with E-state index in [1.165, 1.54) is 19.2 Å². The number of aromatic amines is 1. The molecule has 0 saturated heterocycles. The average Bonchev–Trinajstić information content (AvgIpc) is 2.84. The maximum atomic E-state index is 10.1. The van der Waals surface area contributed by atoms with E-state index >= 15 is 0 Å². The van der Waals surface area contributed by atoms with Gasteiger partial charge < -0.3 is 19.9 Å². The highest BCUT2D eigenvalue weighted by Gasteiger charge is 2.13. The first-order chi connectivity index (χ1) is 9.20. The second-order valence-corrected chi connectivity index (χ2v) is 4.29. The molecule has 0 aliphatic heterocycles. The Kier molecular flexibility index (Phi) is 2.56. The van der Waals surface area contributed by atoms with Crippen molar-refractivity contribution in [3.63, 3.8) is 0 Å². The summed E-state index contributed by atoms with van der Waals surface area (Å²) < 4.78 is 4.97. The Hall–Kier alpha value is -2.62. The molecule has 0 unspecified atom stereocenters. The Morgan fingerprint density at radius 1 is 1.00 bits per heavy atom. The molecule has 3 rings (SSSR count).